The molecule has 0 saturated carbocycles. The number of nitrogens with one attached hydrogen (secondary N) is 1. The summed E-state index contributed by atoms with van der Waals surface area (Å²) in [5.41, 5.74) is 3.48. The summed E-state index contributed by atoms with van der Waals surface area (Å²) in [5, 5.41) is 2.86. The first-order chi connectivity index (χ1) is 14.2. The molecule has 0 unspecified atom stereocenters. The number of hydrogen-bond donors (Lipinski definition) is 1. The van der Waals surface area contributed by atoms with Crippen molar-refractivity contribution in [1.29, 1.82) is 0 Å². The molecule has 0 heterocycles. The summed E-state index contributed by atoms with van der Waals surface area (Å²) in [6, 6.07) is 11.0. The first-order valence-electron chi connectivity index (χ1n) is 9.69. The molecular weight excluding hydrogens is 404 g/mol. The van der Waals surface area contributed by atoms with E-state index in [0.29, 0.717) is 30.2 Å². The minimum atomic E-state index is -3.45. The molecule has 8 heteroatoms. The lowest BCUT2D eigenvalue weighted by Crippen LogP contribution is -2.32. The van der Waals surface area contributed by atoms with Crippen molar-refractivity contribution >= 4 is 21.6 Å². The molecule has 0 spiro atoms. The van der Waals surface area contributed by atoms with Crippen LogP contribution in [0.3, 0.4) is 0 Å². The zero-order valence-electron chi connectivity index (χ0n) is 18.2. The third-order valence-electron chi connectivity index (χ3n) is 4.95. The van der Waals surface area contributed by atoms with Crippen LogP contribution >= 0.6 is 0 Å². The second-order valence-electron chi connectivity index (χ2n) is 7.12. The second-order valence-corrected chi connectivity index (χ2v) is 9.03. The number of hydrogen-bond acceptors (Lipinski definition) is 5. The van der Waals surface area contributed by atoms with Crippen molar-refractivity contribution in [2.75, 3.05) is 31.3 Å². The maximum absolute atomic E-state index is 12.3. The Balaban J connectivity index is 1.94. The van der Waals surface area contributed by atoms with Crippen LogP contribution in [-0.4, -0.2) is 41.3 Å². The van der Waals surface area contributed by atoms with Gasteiger partial charge in [-0.25, -0.2) is 8.42 Å². The summed E-state index contributed by atoms with van der Waals surface area (Å²) in [5.74, 6) is 1.08. The molecule has 1 N–H and O–H groups in total. The number of carbonyl (C=O) groups is 1. The lowest BCUT2D eigenvalue weighted by atomic mass is 10.1. The zero-order valence-corrected chi connectivity index (χ0v) is 19.0. The number of benzene rings is 2. The lowest BCUT2D eigenvalue weighted by Gasteiger charge is -2.24. The SMILES string of the molecule is COc1ccc(CNC(=O)CCCN(c2cccc(C)c2C)S(C)(=O)=O)cc1OC. The van der Waals surface area contributed by atoms with Gasteiger partial charge in [0, 0.05) is 19.5 Å². The molecule has 0 bridgehead atoms. The Morgan fingerprint density at radius 2 is 1.77 bits per heavy atom. The van der Waals surface area contributed by atoms with Crippen LogP contribution < -0.4 is 19.1 Å². The Labute approximate surface area is 179 Å². The molecule has 2 rings (SSSR count). The average Bonchev–Trinajstić information content (AvgIpc) is 2.71. The predicted octanol–water partition coefficient (Wildman–Crippen LogP) is 3.18. The molecule has 0 aliphatic rings. The summed E-state index contributed by atoms with van der Waals surface area (Å²) in [4.78, 5) is 12.2. The third kappa shape index (κ3) is 6.13. The number of nitrogens with zero attached hydrogens (tertiary/aromatic N) is 1. The highest BCUT2D eigenvalue weighted by Crippen LogP contribution is 2.27. The summed E-state index contributed by atoms with van der Waals surface area (Å²) >= 11 is 0. The van der Waals surface area contributed by atoms with Crippen LogP contribution in [-0.2, 0) is 21.4 Å². The maximum Gasteiger partial charge on any atom is 0.232 e. The summed E-state index contributed by atoms with van der Waals surface area (Å²) in [7, 11) is -0.323. The fraction of sp³-hybridized carbons (Fsp3) is 0.409. The molecule has 164 valence electrons. The zero-order chi connectivity index (χ0) is 22.3. The smallest absolute Gasteiger partial charge is 0.232 e. The molecule has 0 radical (unpaired) electrons. The van der Waals surface area contributed by atoms with Crippen LogP contribution in [0.15, 0.2) is 36.4 Å². The first kappa shape index (κ1) is 23.5. The van der Waals surface area contributed by atoms with E-state index in [9.17, 15) is 13.2 Å². The van der Waals surface area contributed by atoms with Crippen molar-refractivity contribution in [2.24, 2.45) is 0 Å². The number of carbonyl (C=O) groups excluding carboxylic acids is 1. The summed E-state index contributed by atoms with van der Waals surface area (Å²) < 4.78 is 36.4. The Morgan fingerprint density at radius 1 is 1.07 bits per heavy atom. The van der Waals surface area contributed by atoms with Gasteiger partial charge in [-0.05, 0) is 55.2 Å². The van der Waals surface area contributed by atoms with Crippen molar-refractivity contribution in [3.05, 3.63) is 53.1 Å². The van der Waals surface area contributed by atoms with Gasteiger partial charge in [0.05, 0.1) is 26.2 Å². The van der Waals surface area contributed by atoms with E-state index in [4.69, 9.17) is 9.47 Å². The van der Waals surface area contributed by atoms with Gasteiger partial charge >= 0.3 is 0 Å². The number of sulfonamides is 1. The van der Waals surface area contributed by atoms with E-state index in [0.717, 1.165) is 16.7 Å². The van der Waals surface area contributed by atoms with Gasteiger partial charge in [0.15, 0.2) is 11.5 Å². The molecule has 30 heavy (non-hydrogen) atoms. The molecule has 2 aromatic carbocycles. The van der Waals surface area contributed by atoms with E-state index in [-0.39, 0.29) is 18.9 Å². The molecule has 0 aliphatic heterocycles. The number of rotatable bonds is 10. The van der Waals surface area contributed by atoms with Crippen LogP contribution in [0.25, 0.3) is 0 Å². The standard InChI is InChI=1S/C22H30N2O5S/c1-16-8-6-9-19(17(16)2)24(30(5,26)27)13-7-10-22(25)23-15-18-11-12-20(28-3)21(14-18)29-4/h6,8-9,11-12,14H,7,10,13,15H2,1-5H3,(H,23,25). The van der Waals surface area contributed by atoms with Gasteiger partial charge in [-0.1, -0.05) is 18.2 Å². The van der Waals surface area contributed by atoms with E-state index in [2.05, 4.69) is 5.32 Å². The highest BCUT2D eigenvalue weighted by Gasteiger charge is 2.19. The summed E-state index contributed by atoms with van der Waals surface area (Å²) in [6.07, 6.45) is 1.83. The molecule has 7 nitrogen and oxygen atoms in total. The Hall–Kier alpha value is -2.74. The van der Waals surface area contributed by atoms with Crippen molar-refractivity contribution in [3.8, 4) is 11.5 Å². The fourth-order valence-corrected chi connectivity index (χ4v) is 4.15. The Kier molecular flexibility index (Phi) is 8.11. The molecule has 0 saturated heterocycles. The first-order valence-corrected chi connectivity index (χ1v) is 11.5. The number of methoxy groups -OCH3 is 2. The highest BCUT2D eigenvalue weighted by molar-refractivity contribution is 7.92. The topological polar surface area (TPSA) is 84.9 Å². The van der Waals surface area contributed by atoms with Crippen LogP contribution in [0.2, 0.25) is 0 Å². The van der Waals surface area contributed by atoms with E-state index >= 15 is 0 Å². The Morgan fingerprint density at radius 3 is 2.40 bits per heavy atom. The molecule has 0 fully saturated rings. The fourth-order valence-electron chi connectivity index (χ4n) is 3.13. The Bertz CT molecular complexity index is 989. The number of anilines is 1. The molecule has 1 amide bonds. The van der Waals surface area contributed by atoms with E-state index in [1.165, 1.54) is 10.6 Å². The molecule has 2 aromatic rings. The van der Waals surface area contributed by atoms with Crippen molar-refractivity contribution in [3.63, 3.8) is 0 Å². The molecular formula is C22H30N2O5S. The number of amides is 1. The van der Waals surface area contributed by atoms with Gasteiger partial charge in [-0.3, -0.25) is 9.10 Å². The number of ether oxygens (including phenoxy) is 2. The summed E-state index contributed by atoms with van der Waals surface area (Å²) in [6.45, 7) is 4.44. The minimum absolute atomic E-state index is 0.140. The normalized spacial score (nSPS) is 11.1. The van der Waals surface area contributed by atoms with Gasteiger partial charge in [-0.15, -0.1) is 0 Å². The van der Waals surface area contributed by atoms with E-state index in [1.54, 1.807) is 26.4 Å². The second kappa shape index (κ2) is 10.3. The minimum Gasteiger partial charge on any atom is -0.493 e. The monoisotopic (exact) mass is 434 g/mol. The van der Waals surface area contributed by atoms with Gasteiger partial charge < -0.3 is 14.8 Å². The van der Waals surface area contributed by atoms with Crippen molar-refractivity contribution in [1.82, 2.24) is 5.32 Å². The molecule has 0 aromatic heterocycles. The average molecular weight is 435 g/mol. The van der Waals surface area contributed by atoms with Crippen LogP contribution in [0.1, 0.15) is 29.5 Å². The van der Waals surface area contributed by atoms with E-state index in [1.807, 2.05) is 38.1 Å². The van der Waals surface area contributed by atoms with Gasteiger partial charge in [0.2, 0.25) is 15.9 Å². The van der Waals surface area contributed by atoms with Crippen molar-refractivity contribution in [2.45, 2.75) is 33.2 Å². The van der Waals surface area contributed by atoms with Gasteiger partial charge in [0.25, 0.3) is 0 Å². The van der Waals surface area contributed by atoms with Crippen molar-refractivity contribution < 1.29 is 22.7 Å². The largest absolute Gasteiger partial charge is 0.493 e. The predicted molar refractivity (Wildman–Crippen MR) is 119 cm³/mol. The lowest BCUT2D eigenvalue weighted by molar-refractivity contribution is -0.121. The van der Waals surface area contributed by atoms with Crippen LogP contribution in [0.4, 0.5) is 5.69 Å². The van der Waals surface area contributed by atoms with Crippen LogP contribution in [0.5, 0.6) is 11.5 Å². The molecule has 0 atom stereocenters. The van der Waals surface area contributed by atoms with Gasteiger partial charge in [-0.2, -0.15) is 0 Å². The quantitative estimate of drug-likeness (QED) is 0.621. The third-order valence-corrected chi connectivity index (χ3v) is 6.13. The maximum atomic E-state index is 12.3. The molecule has 0 aliphatic carbocycles. The van der Waals surface area contributed by atoms with E-state index < -0.39 is 10.0 Å². The van der Waals surface area contributed by atoms with Gasteiger partial charge in [0.1, 0.15) is 0 Å². The van der Waals surface area contributed by atoms with Crippen LogP contribution in [0, 0.1) is 13.8 Å². The highest BCUT2D eigenvalue weighted by atomic mass is 32.2. The number of aryl methyl sites for hydroxylation is 1.